The van der Waals surface area contributed by atoms with Gasteiger partial charge in [-0.15, -0.1) is 0 Å². The zero-order chi connectivity index (χ0) is 16.8. The Morgan fingerprint density at radius 3 is 2.30 bits per heavy atom. The van der Waals surface area contributed by atoms with Gasteiger partial charge < -0.3 is 9.80 Å². The van der Waals surface area contributed by atoms with E-state index in [9.17, 15) is 9.59 Å². The van der Waals surface area contributed by atoms with Crippen LogP contribution in [0.3, 0.4) is 0 Å². The summed E-state index contributed by atoms with van der Waals surface area (Å²) < 4.78 is 0. The van der Waals surface area contributed by atoms with E-state index in [4.69, 9.17) is 0 Å². The number of piperidine rings is 1. The maximum Gasteiger partial charge on any atom is 0.226 e. The summed E-state index contributed by atoms with van der Waals surface area (Å²) in [5.41, 5.74) is 0.891. The van der Waals surface area contributed by atoms with E-state index in [0.29, 0.717) is 31.1 Å². The molecule has 1 fully saturated rings. The molecule has 0 radical (unpaired) electrons. The van der Waals surface area contributed by atoms with Crippen molar-refractivity contribution in [2.45, 2.75) is 39.5 Å². The maximum absolute atomic E-state index is 12.3. The summed E-state index contributed by atoms with van der Waals surface area (Å²) in [5, 5.41) is 0. The van der Waals surface area contributed by atoms with Crippen LogP contribution in [0.5, 0.6) is 0 Å². The van der Waals surface area contributed by atoms with Gasteiger partial charge in [0.1, 0.15) is 0 Å². The van der Waals surface area contributed by atoms with Gasteiger partial charge in [-0.2, -0.15) is 0 Å². The molecule has 4 nitrogen and oxygen atoms in total. The van der Waals surface area contributed by atoms with Gasteiger partial charge >= 0.3 is 0 Å². The molecule has 1 aromatic carbocycles. The number of anilines is 1. The van der Waals surface area contributed by atoms with E-state index in [1.54, 1.807) is 11.9 Å². The number of amides is 2. The molecular formula is C19H28N2O2. The van der Waals surface area contributed by atoms with Crippen molar-refractivity contribution in [3.63, 3.8) is 0 Å². The Balaban J connectivity index is 1.76. The minimum absolute atomic E-state index is 0.0596. The Bertz CT molecular complexity index is 519. The molecule has 0 aliphatic carbocycles. The first-order valence-electron chi connectivity index (χ1n) is 8.56. The van der Waals surface area contributed by atoms with Gasteiger partial charge in [0.05, 0.1) is 0 Å². The predicted octanol–water partition coefficient (Wildman–Crippen LogP) is 3.32. The SMILES string of the molecule is CC1CC(C)CN(C(=O)CCCC(=O)N(C)c2ccccc2)C1. The first-order valence-corrected chi connectivity index (χ1v) is 8.56. The highest BCUT2D eigenvalue weighted by atomic mass is 16.2. The van der Waals surface area contributed by atoms with Gasteiger partial charge in [0.2, 0.25) is 11.8 Å². The molecule has 2 unspecified atom stereocenters. The second-order valence-corrected chi connectivity index (χ2v) is 6.89. The van der Waals surface area contributed by atoms with Crippen LogP contribution in [-0.2, 0) is 9.59 Å². The fraction of sp³-hybridized carbons (Fsp3) is 0.579. The van der Waals surface area contributed by atoms with Crippen LogP contribution in [-0.4, -0.2) is 36.9 Å². The molecule has 0 saturated carbocycles. The summed E-state index contributed by atoms with van der Waals surface area (Å²) in [5.74, 6) is 1.41. The van der Waals surface area contributed by atoms with Crippen molar-refractivity contribution >= 4 is 17.5 Å². The molecule has 0 spiro atoms. The number of nitrogens with zero attached hydrogens (tertiary/aromatic N) is 2. The number of carbonyl (C=O) groups excluding carboxylic acids is 2. The lowest BCUT2D eigenvalue weighted by atomic mass is 9.91. The summed E-state index contributed by atoms with van der Waals surface area (Å²) in [6.45, 7) is 6.13. The van der Waals surface area contributed by atoms with Crippen LogP contribution >= 0.6 is 0 Å². The van der Waals surface area contributed by atoms with Gasteiger partial charge in [-0.05, 0) is 36.8 Å². The molecule has 4 heteroatoms. The molecule has 1 heterocycles. The quantitative estimate of drug-likeness (QED) is 0.836. The average molecular weight is 316 g/mol. The molecule has 1 aliphatic rings. The van der Waals surface area contributed by atoms with E-state index < -0.39 is 0 Å². The van der Waals surface area contributed by atoms with Crippen molar-refractivity contribution in [3.8, 4) is 0 Å². The number of para-hydroxylation sites is 1. The van der Waals surface area contributed by atoms with Crippen LogP contribution in [0.25, 0.3) is 0 Å². The Morgan fingerprint density at radius 2 is 1.70 bits per heavy atom. The second kappa shape index (κ2) is 8.14. The summed E-state index contributed by atoms with van der Waals surface area (Å²) in [7, 11) is 1.79. The Kier molecular flexibility index (Phi) is 6.20. The van der Waals surface area contributed by atoms with Crippen molar-refractivity contribution < 1.29 is 9.59 Å². The highest BCUT2D eigenvalue weighted by Gasteiger charge is 2.25. The van der Waals surface area contributed by atoms with E-state index in [-0.39, 0.29) is 11.8 Å². The van der Waals surface area contributed by atoms with Crippen molar-refractivity contribution in [3.05, 3.63) is 30.3 Å². The third kappa shape index (κ3) is 5.08. The fourth-order valence-electron chi connectivity index (χ4n) is 3.38. The van der Waals surface area contributed by atoms with E-state index >= 15 is 0 Å². The smallest absolute Gasteiger partial charge is 0.226 e. The lowest BCUT2D eigenvalue weighted by Crippen LogP contribution is -2.42. The first-order chi connectivity index (χ1) is 11.0. The molecule has 1 aromatic rings. The van der Waals surface area contributed by atoms with Gasteiger partial charge in [-0.3, -0.25) is 9.59 Å². The van der Waals surface area contributed by atoms with Crippen LogP contribution in [0.15, 0.2) is 30.3 Å². The van der Waals surface area contributed by atoms with Crippen molar-refractivity contribution in [1.29, 1.82) is 0 Å². The van der Waals surface area contributed by atoms with Gasteiger partial charge in [0.25, 0.3) is 0 Å². The van der Waals surface area contributed by atoms with Crippen molar-refractivity contribution in [2.24, 2.45) is 11.8 Å². The van der Waals surface area contributed by atoms with Gasteiger partial charge in [0, 0.05) is 38.7 Å². The molecule has 23 heavy (non-hydrogen) atoms. The lowest BCUT2D eigenvalue weighted by molar-refractivity contribution is -0.134. The molecular weight excluding hydrogens is 288 g/mol. The van der Waals surface area contributed by atoms with E-state index in [1.807, 2.05) is 35.2 Å². The molecule has 2 amide bonds. The zero-order valence-corrected chi connectivity index (χ0v) is 14.5. The second-order valence-electron chi connectivity index (χ2n) is 6.89. The van der Waals surface area contributed by atoms with Gasteiger partial charge in [-0.1, -0.05) is 32.0 Å². The number of hydrogen-bond donors (Lipinski definition) is 0. The number of hydrogen-bond acceptors (Lipinski definition) is 2. The zero-order valence-electron chi connectivity index (χ0n) is 14.5. The maximum atomic E-state index is 12.3. The fourth-order valence-corrected chi connectivity index (χ4v) is 3.38. The van der Waals surface area contributed by atoms with Crippen LogP contribution in [0.2, 0.25) is 0 Å². The molecule has 1 aliphatic heterocycles. The van der Waals surface area contributed by atoms with Crippen LogP contribution in [0.4, 0.5) is 5.69 Å². The summed E-state index contributed by atoms with van der Waals surface area (Å²) in [4.78, 5) is 28.2. The van der Waals surface area contributed by atoms with Crippen molar-refractivity contribution in [2.75, 3.05) is 25.0 Å². The number of rotatable bonds is 5. The Labute approximate surface area is 139 Å². The third-order valence-electron chi connectivity index (χ3n) is 4.52. The third-order valence-corrected chi connectivity index (χ3v) is 4.52. The topological polar surface area (TPSA) is 40.6 Å². The normalized spacial score (nSPS) is 21.1. The first kappa shape index (κ1) is 17.5. The van der Waals surface area contributed by atoms with E-state index in [1.165, 1.54) is 6.42 Å². The van der Waals surface area contributed by atoms with Gasteiger partial charge in [-0.25, -0.2) is 0 Å². The highest BCUT2D eigenvalue weighted by molar-refractivity contribution is 5.93. The molecule has 1 saturated heterocycles. The van der Waals surface area contributed by atoms with Crippen LogP contribution in [0, 0.1) is 11.8 Å². The molecule has 0 N–H and O–H groups in total. The average Bonchev–Trinajstić information content (AvgIpc) is 2.53. The minimum atomic E-state index is 0.0596. The number of benzene rings is 1. The lowest BCUT2D eigenvalue weighted by Gasteiger charge is -2.35. The number of likely N-dealkylation sites (tertiary alicyclic amines) is 1. The Hall–Kier alpha value is -1.84. The minimum Gasteiger partial charge on any atom is -0.342 e. The van der Waals surface area contributed by atoms with E-state index in [2.05, 4.69) is 13.8 Å². The number of carbonyl (C=O) groups is 2. The predicted molar refractivity (Wildman–Crippen MR) is 93.2 cm³/mol. The molecule has 2 rings (SSSR count). The summed E-state index contributed by atoms with van der Waals surface area (Å²) in [6, 6.07) is 9.60. The largest absolute Gasteiger partial charge is 0.342 e. The standard InChI is InChI=1S/C19H28N2O2/c1-15-12-16(2)14-21(13-15)19(23)11-7-10-18(22)20(3)17-8-5-4-6-9-17/h4-6,8-9,15-16H,7,10-14H2,1-3H3. The molecule has 2 atom stereocenters. The van der Waals surface area contributed by atoms with Crippen molar-refractivity contribution in [1.82, 2.24) is 4.90 Å². The van der Waals surface area contributed by atoms with Gasteiger partial charge in [0.15, 0.2) is 0 Å². The molecule has 0 aromatic heterocycles. The van der Waals surface area contributed by atoms with Crippen LogP contribution in [0.1, 0.15) is 39.5 Å². The van der Waals surface area contributed by atoms with E-state index in [0.717, 1.165) is 18.8 Å². The monoisotopic (exact) mass is 316 g/mol. The summed E-state index contributed by atoms with van der Waals surface area (Å²) in [6.07, 6.45) is 2.70. The molecule has 126 valence electrons. The summed E-state index contributed by atoms with van der Waals surface area (Å²) >= 11 is 0. The Morgan fingerprint density at radius 1 is 1.09 bits per heavy atom. The molecule has 0 bridgehead atoms. The van der Waals surface area contributed by atoms with Crippen LogP contribution < -0.4 is 4.90 Å². The highest BCUT2D eigenvalue weighted by Crippen LogP contribution is 2.22.